The highest BCUT2D eigenvalue weighted by atomic mass is 32.1. The van der Waals surface area contributed by atoms with Gasteiger partial charge in [-0.3, -0.25) is 4.79 Å². The first-order valence-corrected chi connectivity index (χ1v) is 8.00. The van der Waals surface area contributed by atoms with E-state index in [0.29, 0.717) is 15.3 Å². The summed E-state index contributed by atoms with van der Waals surface area (Å²) < 4.78 is 9.89. The topological polar surface area (TPSA) is 109 Å². The van der Waals surface area contributed by atoms with Crippen LogP contribution in [0.1, 0.15) is 31.3 Å². The minimum Gasteiger partial charge on any atom is -0.618 e. The Kier molecular flexibility index (Phi) is 5.71. The molecule has 2 aromatic rings. The van der Waals surface area contributed by atoms with Gasteiger partial charge in [0.25, 0.3) is 5.91 Å². The number of hydrogen-bond donors (Lipinski definition) is 1. The average molecular weight is 364 g/mol. The van der Waals surface area contributed by atoms with Gasteiger partial charge in [-0.05, 0) is 25.5 Å². The Bertz CT molecular complexity index is 830. The fourth-order valence-electron chi connectivity index (χ4n) is 2.02. The number of esters is 2. The fraction of sp³-hybridized carbons (Fsp3) is 0.250. The van der Waals surface area contributed by atoms with E-state index in [-0.39, 0.29) is 11.3 Å². The molecule has 0 saturated heterocycles. The van der Waals surface area contributed by atoms with Crippen molar-refractivity contribution in [1.29, 1.82) is 0 Å². The highest BCUT2D eigenvalue weighted by Gasteiger charge is 2.23. The van der Waals surface area contributed by atoms with Crippen LogP contribution >= 0.6 is 11.3 Å². The summed E-state index contributed by atoms with van der Waals surface area (Å²) in [5.41, 5.74) is 0.749. The molecule has 2 aromatic heterocycles. The first-order valence-electron chi connectivity index (χ1n) is 7.18. The molecule has 0 aliphatic carbocycles. The Labute approximate surface area is 147 Å². The SMILES string of the molecule is COC(=O)c1c(NC(=O)COC(=O)c2cccc[n+]2[O-])sc(C)c1C. The van der Waals surface area contributed by atoms with Crippen molar-refractivity contribution in [2.45, 2.75) is 13.8 Å². The lowest BCUT2D eigenvalue weighted by Gasteiger charge is -2.07. The summed E-state index contributed by atoms with van der Waals surface area (Å²) in [4.78, 5) is 36.5. The molecule has 0 fully saturated rings. The van der Waals surface area contributed by atoms with E-state index in [1.54, 1.807) is 6.92 Å². The lowest BCUT2D eigenvalue weighted by atomic mass is 10.1. The molecular formula is C16H16N2O6S. The predicted molar refractivity (Wildman–Crippen MR) is 89.4 cm³/mol. The molecule has 1 amide bonds. The van der Waals surface area contributed by atoms with Crippen LogP contribution in [0.5, 0.6) is 0 Å². The second-order valence-corrected chi connectivity index (χ2v) is 6.24. The summed E-state index contributed by atoms with van der Waals surface area (Å²) in [7, 11) is 1.25. The van der Waals surface area contributed by atoms with Gasteiger partial charge in [0.15, 0.2) is 12.8 Å². The van der Waals surface area contributed by atoms with Gasteiger partial charge in [-0.1, -0.05) is 0 Å². The van der Waals surface area contributed by atoms with Crippen LogP contribution in [-0.4, -0.2) is 31.6 Å². The van der Waals surface area contributed by atoms with Crippen molar-refractivity contribution in [2.75, 3.05) is 19.0 Å². The van der Waals surface area contributed by atoms with E-state index in [1.165, 1.54) is 36.6 Å². The molecule has 9 heteroatoms. The van der Waals surface area contributed by atoms with E-state index in [9.17, 15) is 19.6 Å². The standard InChI is InChI=1S/C16H16N2O6S/c1-9-10(2)25-14(13(9)16(21)23-3)17-12(19)8-24-15(20)11-6-4-5-7-18(11)22/h4-7H,8H2,1-3H3,(H,17,19). The smallest absolute Gasteiger partial charge is 0.405 e. The third kappa shape index (κ3) is 4.13. The van der Waals surface area contributed by atoms with Crippen molar-refractivity contribution in [1.82, 2.24) is 0 Å². The summed E-state index contributed by atoms with van der Waals surface area (Å²) in [6.07, 6.45) is 1.15. The van der Waals surface area contributed by atoms with Crippen LogP contribution in [0.4, 0.5) is 5.00 Å². The Hall–Kier alpha value is -2.94. The molecule has 0 saturated carbocycles. The summed E-state index contributed by atoms with van der Waals surface area (Å²) in [6.45, 7) is 2.96. The number of rotatable bonds is 5. The van der Waals surface area contributed by atoms with Gasteiger partial charge in [0.05, 0.1) is 12.7 Å². The van der Waals surface area contributed by atoms with Gasteiger partial charge in [0.2, 0.25) is 0 Å². The number of carbonyl (C=O) groups excluding carboxylic acids is 3. The van der Waals surface area contributed by atoms with E-state index < -0.39 is 24.5 Å². The Morgan fingerprint density at radius 3 is 2.60 bits per heavy atom. The van der Waals surface area contributed by atoms with E-state index in [1.807, 2.05) is 6.92 Å². The summed E-state index contributed by atoms with van der Waals surface area (Å²) in [5, 5.41) is 14.3. The molecule has 132 valence electrons. The molecule has 0 atom stereocenters. The number of aryl methyl sites for hydroxylation is 1. The zero-order valence-electron chi connectivity index (χ0n) is 13.8. The Balaban J connectivity index is 2.04. The third-order valence-corrected chi connectivity index (χ3v) is 4.52. The largest absolute Gasteiger partial charge is 0.618 e. The van der Waals surface area contributed by atoms with Gasteiger partial charge < -0.3 is 20.0 Å². The molecule has 25 heavy (non-hydrogen) atoms. The van der Waals surface area contributed by atoms with Gasteiger partial charge in [0, 0.05) is 17.0 Å². The molecule has 0 bridgehead atoms. The fourth-order valence-corrected chi connectivity index (χ4v) is 3.08. The molecule has 0 aliphatic heterocycles. The highest BCUT2D eigenvalue weighted by Crippen LogP contribution is 2.32. The maximum Gasteiger partial charge on any atom is 0.405 e. The number of carbonyl (C=O) groups is 3. The zero-order chi connectivity index (χ0) is 18.6. The Morgan fingerprint density at radius 2 is 1.96 bits per heavy atom. The number of ether oxygens (including phenoxy) is 2. The lowest BCUT2D eigenvalue weighted by Crippen LogP contribution is -2.35. The van der Waals surface area contributed by atoms with Crippen molar-refractivity contribution >= 4 is 34.2 Å². The van der Waals surface area contributed by atoms with Crippen LogP contribution in [0.25, 0.3) is 0 Å². The number of amides is 1. The Morgan fingerprint density at radius 1 is 1.24 bits per heavy atom. The number of hydrogen-bond acceptors (Lipinski definition) is 7. The number of anilines is 1. The molecule has 0 radical (unpaired) electrons. The maximum absolute atomic E-state index is 12.0. The second kappa shape index (κ2) is 7.75. The molecule has 2 heterocycles. The minimum atomic E-state index is -0.919. The predicted octanol–water partition coefficient (Wildman–Crippen LogP) is 1.58. The number of aromatic nitrogens is 1. The highest BCUT2D eigenvalue weighted by molar-refractivity contribution is 7.16. The first-order chi connectivity index (χ1) is 11.8. The van der Waals surface area contributed by atoms with Crippen LogP contribution in [-0.2, 0) is 14.3 Å². The molecule has 0 aliphatic rings. The van der Waals surface area contributed by atoms with Crippen molar-refractivity contribution in [3.63, 3.8) is 0 Å². The molecule has 0 unspecified atom stereocenters. The van der Waals surface area contributed by atoms with Crippen molar-refractivity contribution < 1.29 is 28.6 Å². The molecule has 0 spiro atoms. The first kappa shape index (κ1) is 18.4. The van der Waals surface area contributed by atoms with Gasteiger partial charge >= 0.3 is 17.6 Å². The average Bonchev–Trinajstić information content (AvgIpc) is 2.86. The molecular weight excluding hydrogens is 348 g/mol. The molecule has 2 rings (SSSR count). The summed E-state index contributed by atoms with van der Waals surface area (Å²) in [6, 6.07) is 4.26. The van der Waals surface area contributed by atoms with E-state index in [2.05, 4.69) is 5.32 Å². The van der Waals surface area contributed by atoms with Crippen LogP contribution in [0, 0.1) is 19.1 Å². The van der Waals surface area contributed by atoms with E-state index >= 15 is 0 Å². The number of nitrogens with zero attached hydrogens (tertiary/aromatic N) is 1. The van der Waals surface area contributed by atoms with Crippen LogP contribution in [0.2, 0.25) is 0 Å². The second-order valence-electron chi connectivity index (χ2n) is 5.01. The summed E-state index contributed by atoms with van der Waals surface area (Å²) in [5.74, 6) is -2.11. The van der Waals surface area contributed by atoms with Crippen molar-refractivity contribution in [2.24, 2.45) is 0 Å². The monoisotopic (exact) mass is 364 g/mol. The minimum absolute atomic E-state index is 0.228. The zero-order valence-corrected chi connectivity index (χ0v) is 14.6. The number of pyridine rings is 1. The molecule has 8 nitrogen and oxygen atoms in total. The van der Waals surface area contributed by atoms with Crippen LogP contribution < -0.4 is 10.0 Å². The molecule has 0 aromatic carbocycles. The van der Waals surface area contributed by atoms with Gasteiger partial charge in [-0.2, -0.15) is 4.73 Å². The molecule has 1 N–H and O–H groups in total. The maximum atomic E-state index is 12.0. The third-order valence-electron chi connectivity index (χ3n) is 3.40. The number of methoxy groups -OCH3 is 1. The van der Waals surface area contributed by atoms with Crippen molar-refractivity contribution in [3.8, 4) is 0 Å². The van der Waals surface area contributed by atoms with Crippen LogP contribution in [0.15, 0.2) is 24.4 Å². The summed E-state index contributed by atoms with van der Waals surface area (Å²) >= 11 is 1.22. The van der Waals surface area contributed by atoms with Gasteiger partial charge in [-0.15, -0.1) is 11.3 Å². The van der Waals surface area contributed by atoms with Crippen LogP contribution in [0.3, 0.4) is 0 Å². The van der Waals surface area contributed by atoms with Gasteiger partial charge in [-0.25, -0.2) is 9.59 Å². The van der Waals surface area contributed by atoms with Crippen molar-refractivity contribution in [3.05, 3.63) is 51.3 Å². The lowest BCUT2D eigenvalue weighted by molar-refractivity contribution is -0.608. The van der Waals surface area contributed by atoms with E-state index in [4.69, 9.17) is 9.47 Å². The quantitative estimate of drug-likeness (QED) is 0.490. The van der Waals surface area contributed by atoms with Gasteiger partial charge in [0.1, 0.15) is 5.00 Å². The van der Waals surface area contributed by atoms with E-state index in [0.717, 1.165) is 11.1 Å². The normalized spacial score (nSPS) is 10.2. The number of thiophene rings is 1. The number of nitrogens with one attached hydrogen (secondary N) is 1.